The molecule has 1 heteroatoms. The second-order valence-corrected chi connectivity index (χ2v) is 0.632. The van der Waals surface area contributed by atoms with E-state index in [0.717, 1.165) is 6.54 Å². The van der Waals surface area contributed by atoms with Crippen molar-refractivity contribution in [1.82, 2.24) is 0 Å². The van der Waals surface area contributed by atoms with Crippen LogP contribution in [-0.4, -0.2) is 13.6 Å². The largest absolute Gasteiger partial charge is 0.665 e. The number of rotatable bonds is 1. The summed E-state index contributed by atoms with van der Waals surface area (Å²) >= 11 is 0. The second-order valence-electron chi connectivity index (χ2n) is 0.632. The van der Waals surface area contributed by atoms with Crippen LogP contribution >= 0.6 is 0 Å². The third-order valence-electron chi connectivity index (χ3n) is 0.316. The molecule has 0 aromatic heterocycles. The van der Waals surface area contributed by atoms with Crippen molar-refractivity contribution in [3.63, 3.8) is 0 Å². The van der Waals surface area contributed by atoms with Gasteiger partial charge in [0, 0.05) is 0 Å². The Kier molecular flexibility index (Phi) is 2.93. The van der Waals surface area contributed by atoms with Crippen molar-refractivity contribution in [1.29, 1.82) is 0 Å². The molecule has 0 bridgehead atoms. The molecule has 0 fully saturated rings. The molecule has 26 valence electrons. The fourth-order valence-electron chi connectivity index (χ4n) is 0. The van der Waals surface area contributed by atoms with Crippen LogP contribution in [0.2, 0.25) is 0 Å². The van der Waals surface area contributed by atoms with Gasteiger partial charge in [0.2, 0.25) is 0 Å². The molecule has 0 aliphatic carbocycles. The molecule has 0 saturated heterocycles. The molecule has 4 heavy (non-hydrogen) atoms. The third kappa shape index (κ3) is 1.96. The van der Waals surface area contributed by atoms with Crippen molar-refractivity contribution in [3.05, 3.63) is 5.32 Å². The maximum absolute atomic E-state index is 3.74. The van der Waals surface area contributed by atoms with Crippen LogP contribution in [-0.2, 0) is 0 Å². The van der Waals surface area contributed by atoms with E-state index in [-0.39, 0.29) is 0 Å². The molecule has 0 aliphatic rings. The number of nitrogens with zero attached hydrogens (tertiary/aromatic N) is 1. The lowest BCUT2D eigenvalue weighted by Crippen LogP contribution is -1.61. The molecule has 0 aliphatic heterocycles. The van der Waals surface area contributed by atoms with E-state index in [4.69, 9.17) is 0 Å². The van der Waals surface area contributed by atoms with Crippen LogP contribution in [0, 0.1) is 0 Å². The van der Waals surface area contributed by atoms with E-state index < -0.39 is 0 Å². The lowest BCUT2D eigenvalue weighted by Gasteiger charge is -1.98. The summed E-state index contributed by atoms with van der Waals surface area (Å²) < 4.78 is 0. The van der Waals surface area contributed by atoms with Gasteiger partial charge in [-0.05, 0) is 0 Å². The normalized spacial score (nSPS) is 7.50. The molecular weight excluding hydrogens is 50.0 g/mol. The predicted octanol–water partition coefficient (Wildman–Crippen LogP) is 1.01. The van der Waals surface area contributed by atoms with Crippen molar-refractivity contribution in [2.45, 2.75) is 6.92 Å². The lowest BCUT2D eigenvalue weighted by molar-refractivity contribution is 1.26. The van der Waals surface area contributed by atoms with Crippen LogP contribution in [0.4, 0.5) is 0 Å². The first-order chi connectivity index (χ1) is 1.91. The van der Waals surface area contributed by atoms with E-state index >= 15 is 0 Å². The maximum atomic E-state index is 3.74. The van der Waals surface area contributed by atoms with Gasteiger partial charge in [-0.3, -0.25) is 0 Å². The van der Waals surface area contributed by atoms with Crippen LogP contribution in [0.3, 0.4) is 0 Å². The van der Waals surface area contributed by atoms with E-state index in [1.54, 1.807) is 7.05 Å². The fraction of sp³-hybridized carbons (Fsp3) is 1.00. The Labute approximate surface area is 27.0 Å². The Bertz CT molecular complexity index is 5.25. The summed E-state index contributed by atoms with van der Waals surface area (Å²) in [6.45, 7) is 2.96. The van der Waals surface area contributed by atoms with Crippen LogP contribution in [0.1, 0.15) is 6.92 Å². The molecule has 0 N–H and O–H groups in total. The van der Waals surface area contributed by atoms with E-state index in [0.29, 0.717) is 0 Å². The molecule has 0 aromatic carbocycles. The summed E-state index contributed by atoms with van der Waals surface area (Å²) in [6.07, 6.45) is 0. The highest BCUT2D eigenvalue weighted by atomic mass is 14.8. The smallest absolute Gasteiger partial charge is 0.0844 e. The van der Waals surface area contributed by atoms with Gasteiger partial charge in [-0.2, -0.15) is 13.6 Å². The summed E-state index contributed by atoms with van der Waals surface area (Å²) in [6, 6.07) is 0. The van der Waals surface area contributed by atoms with Crippen LogP contribution < -0.4 is 0 Å². The average Bonchev–Trinajstić information content (AvgIpc) is 1.37. The zero-order chi connectivity index (χ0) is 3.41. The highest BCUT2D eigenvalue weighted by Crippen LogP contribution is 1.66. The van der Waals surface area contributed by atoms with Crippen molar-refractivity contribution >= 4 is 0 Å². The standard InChI is InChI=1S/C3H8N/c1-3-4-2/h3H2,1-2H3/q-1. The minimum Gasteiger partial charge on any atom is -0.665 e. The van der Waals surface area contributed by atoms with Gasteiger partial charge in [-0.15, -0.1) is 0 Å². The molecule has 0 amide bonds. The molecule has 0 heterocycles. The summed E-state index contributed by atoms with van der Waals surface area (Å²) in [5, 5.41) is 3.74. The molecular formula is C3H8N-. The fourth-order valence-corrected chi connectivity index (χ4v) is 0. The minimum atomic E-state index is 0.944. The predicted molar refractivity (Wildman–Crippen MR) is 19.8 cm³/mol. The summed E-state index contributed by atoms with van der Waals surface area (Å²) in [5.41, 5.74) is 0. The third-order valence-corrected chi connectivity index (χ3v) is 0.316. The van der Waals surface area contributed by atoms with Gasteiger partial charge < -0.3 is 5.32 Å². The maximum Gasteiger partial charge on any atom is -0.0844 e. The molecule has 0 saturated carbocycles. The van der Waals surface area contributed by atoms with Gasteiger partial charge in [0.1, 0.15) is 0 Å². The highest BCUT2D eigenvalue weighted by Gasteiger charge is 1.32. The Morgan fingerprint density at radius 3 is 2.00 bits per heavy atom. The zero-order valence-electron chi connectivity index (χ0n) is 3.15. The molecule has 0 spiro atoms. The first kappa shape index (κ1) is 3.96. The van der Waals surface area contributed by atoms with E-state index in [1.165, 1.54) is 0 Å². The molecule has 0 aromatic rings. The monoisotopic (exact) mass is 58.1 g/mol. The van der Waals surface area contributed by atoms with E-state index in [9.17, 15) is 0 Å². The van der Waals surface area contributed by atoms with Gasteiger partial charge in [0.25, 0.3) is 0 Å². The first-order valence-electron chi connectivity index (χ1n) is 1.47. The van der Waals surface area contributed by atoms with Crippen molar-refractivity contribution in [2.75, 3.05) is 13.6 Å². The number of hydrogen-bond acceptors (Lipinski definition) is 0. The summed E-state index contributed by atoms with van der Waals surface area (Å²) in [4.78, 5) is 0. The Hall–Kier alpha value is -0.0400. The molecule has 0 rings (SSSR count). The van der Waals surface area contributed by atoms with Crippen molar-refractivity contribution in [3.8, 4) is 0 Å². The second kappa shape index (κ2) is 2.96. The lowest BCUT2D eigenvalue weighted by atomic mass is 10.8. The first-order valence-corrected chi connectivity index (χ1v) is 1.47. The van der Waals surface area contributed by atoms with Crippen LogP contribution in [0.15, 0.2) is 0 Å². The molecule has 0 unspecified atom stereocenters. The van der Waals surface area contributed by atoms with Crippen LogP contribution in [0.5, 0.6) is 0 Å². The van der Waals surface area contributed by atoms with Crippen molar-refractivity contribution in [2.24, 2.45) is 0 Å². The Morgan fingerprint density at radius 2 is 2.00 bits per heavy atom. The Balaban J connectivity index is 1.97. The van der Waals surface area contributed by atoms with Crippen LogP contribution in [0.25, 0.3) is 5.32 Å². The van der Waals surface area contributed by atoms with Gasteiger partial charge in [-0.1, -0.05) is 6.92 Å². The van der Waals surface area contributed by atoms with Gasteiger partial charge in [0.05, 0.1) is 0 Å². The minimum absolute atomic E-state index is 0.944. The topological polar surface area (TPSA) is 14.1 Å². The summed E-state index contributed by atoms with van der Waals surface area (Å²) in [5.74, 6) is 0. The molecule has 0 radical (unpaired) electrons. The van der Waals surface area contributed by atoms with E-state index in [1.807, 2.05) is 6.92 Å². The van der Waals surface area contributed by atoms with Gasteiger partial charge in [-0.25, -0.2) is 0 Å². The average molecular weight is 58.1 g/mol. The molecule has 1 nitrogen and oxygen atoms in total. The van der Waals surface area contributed by atoms with Crippen molar-refractivity contribution < 1.29 is 0 Å². The van der Waals surface area contributed by atoms with Gasteiger partial charge >= 0.3 is 0 Å². The molecule has 0 atom stereocenters. The summed E-state index contributed by atoms with van der Waals surface area (Å²) in [7, 11) is 1.81. The van der Waals surface area contributed by atoms with Gasteiger partial charge in [0.15, 0.2) is 0 Å². The highest BCUT2D eigenvalue weighted by molar-refractivity contribution is 4.62. The SMILES string of the molecule is CC[N-]C. The Morgan fingerprint density at radius 1 is 1.75 bits per heavy atom. The number of hydrogen-bond donors (Lipinski definition) is 0. The van der Waals surface area contributed by atoms with E-state index in [2.05, 4.69) is 5.32 Å². The zero-order valence-corrected chi connectivity index (χ0v) is 3.15. The quantitative estimate of drug-likeness (QED) is 0.427.